The van der Waals surface area contributed by atoms with E-state index in [9.17, 15) is 13.2 Å². The van der Waals surface area contributed by atoms with E-state index in [0.717, 1.165) is 19.3 Å². The third-order valence-electron chi connectivity index (χ3n) is 3.44. The number of likely N-dealkylation sites (N-methyl/N-ethyl adjacent to an activating group) is 2. The third kappa shape index (κ3) is 4.40. The van der Waals surface area contributed by atoms with E-state index in [2.05, 4.69) is 5.32 Å². The van der Waals surface area contributed by atoms with Crippen LogP contribution < -0.4 is 5.32 Å². The van der Waals surface area contributed by atoms with Crippen LogP contribution in [0, 0.1) is 0 Å². The van der Waals surface area contributed by atoms with Crippen LogP contribution in [-0.2, 0) is 14.6 Å². The number of carbonyl (C=O) groups is 1. The first-order valence-electron chi connectivity index (χ1n) is 5.97. The van der Waals surface area contributed by atoms with Crippen molar-refractivity contribution in [2.45, 2.75) is 37.0 Å². The van der Waals surface area contributed by atoms with Gasteiger partial charge in [0.15, 0.2) is 9.84 Å². The Morgan fingerprint density at radius 3 is 2.39 bits per heavy atom. The van der Waals surface area contributed by atoms with Gasteiger partial charge >= 0.3 is 0 Å². The molecule has 18 heavy (non-hydrogen) atoms. The SMILES string of the molecule is CNCC(=O)N(C)C1CCCCC1S(C)(=O)=O.Cl. The van der Waals surface area contributed by atoms with Gasteiger partial charge in [0.05, 0.1) is 11.8 Å². The molecule has 108 valence electrons. The standard InChI is InChI=1S/C11H22N2O3S.ClH/c1-12-8-11(14)13(2)9-6-4-5-7-10(9)17(3,15)16;/h9-10,12H,4-8H2,1-3H3;1H. The lowest BCUT2D eigenvalue weighted by molar-refractivity contribution is -0.131. The molecule has 2 unspecified atom stereocenters. The van der Waals surface area contributed by atoms with E-state index < -0.39 is 15.1 Å². The topological polar surface area (TPSA) is 66.5 Å². The zero-order chi connectivity index (χ0) is 13.1. The summed E-state index contributed by atoms with van der Waals surface area (Å²) in [6, 6.07) is -0.167. The molecule has 5 nitrogen and oxygen atoms in total. The maximum Gasteiger partial charge on any atom is 0.236 e. The largest absolute Gasteiger partial charge is 0.340 e. The first-order chi connectivity index (χ1) is 7.88. The van der Waals surface area contributed by atoms with Crippen molar-refractivity contribution in [2.75, 3.05) is 26.9 Å². The van der Waals surface area contributed by atoms with Crippen molar-refractivity contribution in [3.8, 4) is 0 Å². The lowest BCUT2D eigenvalue weighted by Crippen LogP contribution is -2.50. The molecule has 1 N–H and O–H groups in total. The van der Waals surface area contributed by atoms with E-state index in [4.69, 9.17) is 0 Å². The molecular weight excluding hydrogens is 276 g/mol. The third-order valence-corrected chi connectivity index (χ3v) is 5.09. The molecule has 2 atom stereocenters. The molecule has 0 aromatic heterocycles. The summed E-state index contributed by atoms with van der Waals surface area (Å²) >= 11 is 0. The van der Waals surface area contributed by atoms with E-state index in [0.29, 0.717) is 6.42 Å². The van der Waals surface area contributed by atoms with Crippen LogP contribution in [0.4, 0.5) is 0 Å². The van der Waals surface area contributed by atoms with E-state index in [-0.39, 0.29) is 30.9 Å². The minimum Gasteiger partial charge on any atom is -0.340 e. The minimum atomic E-state index is -3.08. The highest BCUT2D eigenvalue weighted by Crippen LogP contribution is 2.27. The van der Waals surface area contributed by atoms with Crippen LogP contribution in [0.15, 0.2) is 0 Å². The molecule has 0 spiro atoms. The molecule has 0 saturated heterocycles. The smallest absolute Gasteiger partial charge is 0.236 e. The van der Waals surface area contributed by atoms with Gasteiger partial charge in [-0.3, -0.25) is 4.79 Å². The fraction of sp³-hybridized carbons (Fsp3) is 0.909. The molecule has 0 aromatic carbocycles. The van der Waals surface area contributed by atoms with Gasteiger partial charge in [-0.15, -0.1) is 12.4 Å². The Bertz CT molecular complexity index is 372. The van der Waals surface area contributed by atoms with Crippen molar-refractivity contribution in [3.05, 3.63) is 0 Å². The number of nitrogens with one attached hydrogen (secondary N) is 1. The summed E-state index contributed by atoms with van der Waals surface area (Å²) in [6.45, 7) is 0.253. The quantitative estimate of drug-likeness (QED) is 0.818. The molecule has 1 aliphatic carbocycles. The molecule has 1 saturated carbocycles. The van der Waals surface area contributed by atoms with Gasteiger partial charge < -0.3 is 10.2 Å². The fourth-order valence-electron chi connectivity index (χ4n) is 2.48. The summed E-state index contributed by atoms with van der Waals surface area (Å²) in [6.07, 6.45) is 4.65. The first-order valence-corrected chi connectivity index (χ1v) is 7.92. The normalized spacial score (nSPS) is 24.2. The van der Waals surface area contributed by atoms with E-state index in [1.54, 1.807) is 19.0 Å². The van der Waals surface area contributed by atoms with Crippen molar-refractivity contribution < 1.29 is 13.2 Å². The average Bonchev–Trinajstić information content (AvgIpc) is 2.27. The lowest BCUT2D eigenvalue weighted by atomic mass is 9.94. The predicted molar refractivity (Wildman–Crippen MR) is 74.8 cm³/mol. The molecule has 1 fully saturated rings. The Hall–Kier alpha value is -0.330. The van der Waals surface area contributed by atoms with E-state index in [1.807, 2.05) is 0 Å². The van der Waals surface area contributed by atoms with Gasteiger partial charge in [0.25, 0.3) is 0 Å². The van der Waals surface area contributed by atoms with Gasteiger partial charge in [0.1, 0.15) is 0 Å². The number of halogens is 1. The van der Waals surface area contributed by atoms with Crippen molar-refractivity contribution in [3.63, 3.8) is 0 Å². The van der Waals surface area contributed by atoms with Gasteiger partial charge in [0, 0.05) is 19.3 Å². The maximum atomic E-state index is 11.8. The van der Waals surface area contributed by atoms with Gasteiger partial charge in [-0.05, 0) is 19.9 Å². The van der Waals surface area contributed by atoms with Crippen LogP contribution in [0.3, 0.4) is 0 Å². The van der Waals surface area contributed by atoms with Crippen molar-refractivity contribution >= 4 is 28.2 Å². The molecule has 0 aliphatic heterocycles. The average molecular weight is 299 g/mol. The number of rotatable bonds is 4. The number of hydrogen-bond donors (Lipinski definition) is 1. The summed E-state index contributed by atoms with van der Waals surface area (Å²) in [5.74, 6) is -0.0481. The lowest BCUT2D eigenvalue weighted by Gasteiger charge is -2.37. The van der Waals surface area contributed by atoms with Gasteiger partial charge in [-0.1, -0.05) is 12.8 Å². The number of sulfone groups is 1. The van der Waals surface area contributed by atoms with Crippen LogP contribution in [0.5, 0.6) is 0 Å². The fourth-order valence-corrected chi connectivity index (χ4v) is 3.96. The van der Waals surface area contributed by atoms with Gasteiger partial charge in [0.2, 0.25) is 5.91 Å². The zero-order valence-corrected chi connectivity index (χ0v) is 12.8. The molecule has 0 bridgehead atoms. The highest BCUT2D eigenvalue weighted by Gasteiger charge is 2.36. The molecule has 0 aromatic rings. The monoisotopic (exact) mass is 298 g/mol. The first kappa shape index (κ1) is 17.7. The van der Waals surface area contributed by atoms with Crippen LogP contribution in [-0.4, -0.2) is 57.4 Å². The summed E-state index contributed by atoms with van der Waals surface area (Å²) < 4.78 is 23.5. The molecule has 7 heteroatoms. The molecule has 1 rings (SSSR count). The Morgan fingerprint density at radius 2 is 1.89 bits per heavy atom. The van der Waals surface area contributed by atoms with Crippen molar-refractivity contribution in [2.24, 2.45) is 0 Å². The summed E-state index contributed by atoms with van der Waals surface area (Å²) in [7, 11) is 0.328. The summed E-state index contributed by atoms with van der Waals surface area (Å²) in [4.78, 5) is 13.4. The Kier molecular flexibility index (Phi) is 7.17. The molecule has 0 radical (unpaired) electrons. The number of nitrogens with zero attached hydrogens (tertiary/aromatic N) is 1. The molecule has 0 heterocycles. The Morgan fingerprint density at radius 1 is 1.33 bits per heavy atom. The van der Waals surface area contributed by atoms with Crippen LogP contribution in [0.25, 0.3) is 0 Å². The molecule has 1 aliphatic rings. The number of amides is 1. The number of hydrogen-bond acceptors (Lipinski definition) is 4. The zero-order valence-electron chi connectivity index (χ0n) is 11.2. The highest BCUT2D eigenvalue weighted by atomic mass is 35.5. The second-order valence-corrected chi connectivity index (χ2v) is 7.02. The highest BCUT2D eigenvalue weighted by molar-refractivity contribution is 7.91. The second kappa shape index (κ2) is 7.31. The van der Waals surface area contributed by atoms with E-state index in [1.165, 1.54) is 6.26 Å². The molecule has 1 amide bonds. The molecular formula is C11H23ClN2O3S. The Balaban J connectivity index is 0.00000289. The maximum absolute atomic E-state index is 11.8. The van der Waals surface area contributed by atoms with Gasteiger partial charge in [-0.25, -0.2) is 8.42 Å². The Labute approximate surface area is 116 Å². The van der Waals surface area contributed by atoms with Crippen LogP contribution in [0.2, 0.25) is 0 Å². The van der Waals surface area contributed by atoms with Crippen molar-refractivity contribution in [1.29, 1.82) is 0 Å². The van der Waals surface area contributed by atoms with Crippen LogP contribution >= 0.6 is 12.4 Å². The minimum absolute atomic E-state index is 0. The number of carbonyl (C=O) groups excluding carboxylic acids is 1. The van der Waals surface area contributed by atoms with E-state index >= 15 is 0 Å². The van der Waals surface area contributed by atoms with Crippen LogP contribution in [0.1, 0.15) is 25.7 Å². The van der Waals surface area contributed by atoms with Gasteiger partial charge in [-0.2, -0.15) is 0 Å². The second-order valence-electron chi connectivity index (χ2n) is 4.75. The summed E-state index contributed by atoms with van der Waals surface area (Å²) in [5.41, 5.74) is 0. The van der Waals surface area contributed by atoms with Crippen molar-refractivity contribution in [1.82, 2.24) is 10.2 Å². The summed E-state index contributed by atoms with van der Waals surface area (Å²) in [5, 5.41) is 2.40. The predicted octanol–water partition coefficient (Wildman–Crippen LogP) is 0.442.